The minimum Gasteiger partial charge on any atom is -0.508 e. The van der Waals surface area contributed by atoms with Crippen LogP contribution in [0.5, 0.6) is 5.75 Å². The second-order valence-electron chi connectivity index (χ2n) is 5.37. The fourth-order valence-corrected chi connectivity index (χ4v) is 1.69. The second kappa shape index (κ2) is 5.87. The van der Waals surface area contributed by atoms with Crippen LogP contribution < -0.4 is 5.32 Å². The van der Waals surface area contributed by atoms with E-state index in [1.54, 1.807) is 12.1 Å². The average molecular weight is 251 g/mol. The standard InChI is InChI=1S/C14H21NO3/c1-14(2,3)12(13(17)18-4)15-9-10-5-7-11(16)8-6-10/h5-8,12,15-16H,9H2,1-4H3/t12-/m1/s1. The molecule has 100 valence electrons. The Morgan fingerprint density at radius 1 is 1.33 bits per heavy atom. The predicted octanol–water partition coefficient (Wildman–Crippen LogP) is 2.07. The van der Waals surface area contributed by atoms with Gasteiger partial charge < -0.3 is 9.84 Å². The van der Waals surface area contributed by atoms with E-state index < -0.39 is 0 Å². The number of nitrogens with one attached hydrogen (secondary N) is 1. The molecule has 0 spiro atoms. The number of carbonyl (C=O) groups excluding carboxylic acids is 1. The molecule has 0 aromatic heterocycles. The SMILES string of the molecule is COC(=O)[C@@H](NCc1ccc(O)cc1)C(C)(C)C. The molecule has 0 heterocycles. The molecule has 0 unspecified atom stereocenters. The van der Waals surface area contributed by atoms with Crippen LogP contribution in [0, 0.1) is 5.41 Å². The van der Waals surface area contributed by atoms with Gasteiger partial charge in [0, 0.05) is 6.54 Å². The number of carbonyl (C=O) groups is 1. The lowest BCUT2D eigenvalue weighted by Crippen LogP contribution is -2.46. The number of phenols is 1. The molecule has 0 aliphatic heterocycles. The minimum atomic E-state index is -0.365. The summed E-state index contributed by atoms with van der Waals surface area (Å²) < 4.78 is 4.80. The van der Waals surface area contributed by atoms with Crippen LogP contribution in [0.3, 0.4) is 0 Å². The van der Waals surface area contributed by atoms with E-state index in [2.05, 4.69) is 5.32 Å². The third-order valence-corrected chi connectivity index (χ3v) is 2.75. The van der Waals surface area contributed by atoms with Gasteiger partial charge in [0.2, 0.25) is 0 Å². The van der Waals surface area contributed by atoms with Crippen molar-refractivity contribution in [3.63, 3.8) is 0 Å². The molecule has 4 nitrogen and oxygen atoms in total. The molecule has 0 radical (unpaired) electrons. The van der Waals surface area contributed by atoms with Crippen LogP contribution in [-0.4, -0.2) is 24.2 Å². The van der Waals surface area contributed by atoms with Gasteiger partial charge in [-0.05, 0) is 23.1 Å². The third kappa shape index (κ3) is 4.04. The molecule has 1 rings (SSSR count). The number of methoxy groups -OCH3 is 1. The zero-order valence-electron chi connectivity index (χ0n) is 11.4. The lowest BCUT2D eigenvalue weighted by molar-refractivity contribution is -0.146. The van der Waals surface area contributed by atoms with Gasteiger partial charge in [0.15, 0.2) is 0 Å². The van der Waals surface area contributed by atoms with E-state index in [4.69, 9.17) is 4.74 Å². The number of aromatic hydroxyl groups is 1. The first-order valence-corrected chi connectivity index (χ1v) is 5.93. The average Bonchev–Trinajstić information content (AvgIpc) is 2.29. The van der Waals surface area contributed by atoms with Crippen LogP contribution in [-0.2, 0) is 16.1 Å². The fourth-order valence-electron chi connectivity index (χ4n) is 1.69. The highest BCUT2D eigenvalue weighted by molar-refractivity contribution is 5.76. The van der Waals surface area contributed by atoms with Crippen molar-refractivity contribution in [2.24, 2.45) is 5.41 Å². The smallest absolute Gasteiger partial charge is 0.323 e. The van der Waals surface area contributed by atoms with Crippen molar-refractivity contribution < 1.29 is 14.6 Å². The molecular formula is C14H21NO3. The summed E-state index contributed by atoms with van der Waals surface area (Å²) in [4.78, 5) is 11.7. The van der Waals surface area contributed by atoms with Crippen molar-refractivity contribution in [1.82, 2.24) is 5.32 Å². The molecular weight excluding hydrogens is 230 g/mol. The van der Waals surface area contributed by atoms with Crippen LogP contribution >= 0.6 is 0 Å². The normalized spacial score (nSPS) is 13.1. The molecule has 0 bridgehead atoms. The molecule has 1 aromatic carbocycles. The molecule has 0 fully saturated rings. The van der Waals surface area contributed by atoms with Crippen LogP contribution in [0.1, 0.15) is 26.3 Å². The van der Waals surface area contributed by atoms with Crippen LogP contribution in [0.2, 0.25) is 0 Å². The fraction of sp³-hybridized carbons (Fsp3) is 0.500. The van der Waals surface area contributed by atoms with Gasteiger partial charge in [-0.15, -0.1) is 0 Å². The zero-order valence-corrected chi connectivity index (χ0v) is 11.4. The minimum absolute atomic E-state index is 0.218. The Morgan fingerprint density at radius 3 is 2.33 bits per heavy atom. The van der Waals surface area contributed by atoms with E-state index in [0.717, 1.165) is 5.56 Å². The summed E-state index contributed by atoms with van der Waals surface area (Å²) in [6, 6.07) is 6.53. The number of benzene rings is 1. The van der Waals surface area contributed by atoms with Crippen molar-refractivity contribution in [2.45, 2.75) is 33.4 Å². The monoisotopic (exact) mass is 251 g/mol. The van der Waals surface area contributed by atoms with Gasteiger partial charge in [0.1, 0.15) is 11.8 Å². The van der Waals surface area contributed by atoms with E-state index >= 15 is 0 Å². The number of rotatable bonds is 4. The van der Waals surface area contributed by atoms with Crippen LogP contribution in [0.25, 0.3) is 0 Å². The molecule has 0 aliphatic carbocycles. The Morgan fingerprint density at radius 2 is 1.89 bits per heavy atom. The highest BCUT2D eigenvalue weighted by atomic mass is 16.5. The number of hydrogen-bond donors (Lipinski definition) is 2. The van der Waals surface area contributed by atoms with E-state index in [0.29, 0.717) is 6.54 Å². The van der Waals surface area contributed by atoms with Crippen LogP contribution in [0.4, 0.5) is 0 Å². The number of hydrogen-bond acceptors (Lipinski definition) is 4. The quantitative estimate of drug-likeness (QED) is 0.804. The summed E-state index contributed by atoms with van der Waals surface area (Å²) in [6.07, 6.45) is 0. The Hall–Kier alpha value is -1.55. The lowest BCUT2D eigenvalue weighted by atomic mass is 9.86. The van der Waals surface area contributed by atoms with E-state index in [1.165, 1.54) is 7.11 Å². The van der Waals surface area contributed by atoms with E-state index in [9.17, 15) is 9.90 Å². The van der Waals surface area contributed by atoms with Crippen molar-refractivity contribution in [1.29, 1.82) is 0 Å². The van der Waals surface area contributed by atoms with Crippen LogP contribution in [0.15, 0.2) is 24.3 Å². The zero-order chi connectivity index (χ0) is 13.8. The second-order valence-corrected chi connectivity index (χ2v) is 5.37. The van der Waals surface area contributed by atoms with Gasteiger partial charge in [-0.3, -0.25) is 10.1 Å². The molecule has 18 heavy (non-hydrogen) atoms. The van der Waals surface area contributed by atoms with Gasteiger partial charge in [-0.1, -0.05) is 32.9 Å². The summed E-state index contributed by atoms with van der Waals surface area (Å²) in [5.74, 6) is -0.0274. The maximum absolute atomic E-state index is 11.7. The van der Waals surface area contributed by atoms with Crippen molar-refractivity contribution in [3.05, 3.63) is 29.8 Å². The Kier molecular flexibility index (Phi) is 4.73. The summed E-state index contributed by atoms with van der Waals surface area (Å²) in [6.45, 7) is 6.51. The number of ether oxygens (including phenoxy) is 1. The molecule has 0 saturated heterocycles. The van der Waals surface area contributed by atoms with Gasteiger partial charge in [0.05, 0.1) is 7.11 Å². The maximum atomic E-state index is 11.7. The molecule has 1 aromatic rings. The molecule has 2 N–H and O–H groups in total. The summed E-state index contributed by atoms with van der Waals surface area (Å²) in [5, 5.41) is 12.4. The molecule has 4 heteroatoms. The third-order valence-electron chi connectivity index (χ3n) is 2.75. The number of esters is 1. The van der Waals surface area contributed by atoms with Gasteiger partial charge in [-0.2, -0.15) is 0 Å². The highest BCUT2D eigenvalue weighted by Crippen LogP contribution is 2.21. The molecule has 0 aliphatic rings. The van der Waals surface area contributed by atoms with Crippen molar-refractivity contribution in [2.75, 3.05) is 7.11 Å². The first-order valence-electron chi connectivity index (χ1n) is 5.93. The number of phenolic OH excluding ortho intramolecular Hbond substituents is 1. The van der Waals surface area contributed by atoms with Crippen molar-refractivity contribution >= 4 is 5.97 Å². The van der Waals surface area contributed by atoms with E-state index in [1.807, 2.05) is 32.9 Å². The predicted molar refractivity (Wildman–Crippen MR) is 70.2 cm³/mol. The Labute approximate surface area is 108 Å². The summed E-state index contributed by atoms with van der Waals surface area (Å²) in [5.41, 5.74) is 0.787. The van der Waals surface area contributed by atoms with Gasteiger partial charge in [-0.25, -0.2) is 0 Å². The van der Waals surface area contributed by atoms with Gasteiger partial charge in [0.25, 0.3) is 0 Å². The molecule has 0 saturated carbocycles. The summed E-state index contributed by atoms with van der Waals surface area (Å²) >= 11 is 0. The Balaban J connectivity index is 2.68. The lowest BCUT2D eigenvalue weighted by Gasteiger charge is -2.29. The largest absolute Gasteiger partial charge is 0.508 e. The Bertz CT molecular complexity index is 392. The molecule has 1 atom stereocenters. The first kappa shape index (κ1) is 14.5. The van der Waals surface area contributed by atoms with E-state index in [-0.39, 0.29) is 23.2 Å². The first-order chi connectivity index (χ1) is 8.34. The topological polar surface area (TPSA) is 58.6 Å². The summed E-state index contributed by atoms with van der Waals surface area (Å²) in [7, 11) is 1.39. The van der Waals surface area contributed by atoms with Crippen molar-refractivity contribution in [3.8, 4) is 5.75 Å². The highest BCUT2D eigenvalue weighted by Gasteiger charge is 2.31. The maximum Gasteiger partial charge on any atom is 0.323 e. The molecule has 0 amide bonds. The van der Waals surface area contributed by atoms with Gasteiger partial charge >= 0.3 is 5.97 Å².